The lowest BCUT2D eigenvalue weighted by molar-refractivity contribution is 0.414. The molecular formula is C18H21N3OS. The first-order chi connectivity index (χ1) is 11.3. The predicted octanol–water partition coefficient (Wildman–Crippen LogP) is 3.49. The van der Waals surface area contributed by atoms with Gasteiger partial charge in [0, 0.05) is 26.0 Å². The molecule has 0 bridgehead atoms. The van der Waals surface area contributed by atoms with Gasteiger partial charge in [-0.25, -0.2) is 4.98 Å². The second-order valence-corrected chi connectivity index (χ2v) is 6.51. The van der Waals surface area contributed by atoms with Crippen LogP contribution in [0.3, 0.4) is 0 Å². The molecule has 0 saturated carbocycles. The van der Waals surface area contributed by atoms with Crippen molar-refractivity contribution in [3.8, 4) is 16.3 Å². The lowest BCUT2D eigenvalue weighted by atomic mass is 10.1. The Morgan fingerprint density at radius 2 is 2.04 bits per heavy atom. The van der Waals surface area contributed by atoms with Crippen molar-refractivity contribution < 1.29 is 4.74 Å². The zero-order valence-electron chi connectivity index (χ0n) is 13.5. The maximum atomic E-state index is 5.17. The molecule has 3 rings (SSSR count). The van der Waals surface area contributed by atoms with Crippen molar-refractivity contribution in [3.63, 3.8) is 0 Å². The molecule has 0 aliphatic carbocycles. The van der Waals surface area contributed by atoms with Crippen LogP contribution in [0.2, 0.25) is 0 Å². The van der Waals surface area contributed by atoms with Crippen molar-refractivity contribution in [2.45, 2.75) is 13.0 Å². The van der Waals surface area contributed by atoms with Crippen molar-refractivity contribution in [1.82, 2.24) is 14.9 Å². The topological polar surface area (TPSA) is 39.1 Å². The molecule has 0 radical (unpaired) electrons. The van der Waals surface area contributed by atoms with Gasteiger partial charge in [-0.2, -0.15) is 0 Å². The number of methoxy groups -OCH3 is 1. The molecule has 0 fully saturated rings. The normalized spacial score (nSPS) is 10.9. The summed E-state index contributed by atoms with van der Waals surface area (Å²) in [5.74, 6) is 0.901. The van der Waals surface area contributed by atoms with Gasteiger partial charge >= 0.3 is 0 Å². The Bertz CT molecular complexity index is 746. The quantitative estimate of drug-likeness (QED) is 0.675. The molecule has 1 N–H and O–H groups in total. The van der Waals surface area contributed by atoms with Crippen LogP contribution < -0.4 is 10.1 Å². The number of rotatable bonds is 7. The second kappa shape index (κ2) is 7.44. The fraction of sp³-hybridized carbons (Fsp3) is 0.278. The number of benzene rings is 1. The molecule has 0 atom stereocenters. The summed E-state index contributed by atoms with van der Waals surface area (Å²) in [5.41, 5.74) is 2.52. The van der Waals surface area contributed by atoms with Crippen LogP contribution in [0.4, 0.5) is 0 Å². The highest BCUT2D eigenvalue weighted by Crippen LogP contribution is 2.25. The highest BCUT2D eigenvalue weighted by Gasteiger charge is 2.06. The SMILES string of the molecule is COc1ccc(CCNCc2ncc(-c3cccn3C)s2)cc1. The highest BCUT2D eigenvalue weighted by atomic mass is 32.1. The van der Waals surface area contributed by atoms with Gasteiger partial charge in [-0.1, -0.05) is 12.1 Å². The van der Waals surface area contributed by atoms with E-state index in [1.807, 2.05) is 18.3 Å². The Balaban J connectivity index is 1.47. The molecule has 3 aromatic rings. The van der Waals surface area contributed by atoms with E-state index in [4.69, 9.17) is 4.74 Å². The molecule has 5 heteroatoms. The molecule has 0 amide bonds. The molecule has 4 nitrogen and oxygen atoms in total. The third-order valence-corrected chi connectivity index (χ3v) is 4.80. The Kier molecular flexibility index (Phi) is 5.10. The minimum atomic E-state index is 0.811. The van der Waals surface area contributed by atoms with Crippen molar-refractivity contribution in [3.05, 3.63) is 59.4 Å². The van der Waals surface area contributed by atoms with E-state index >= 15 is 0 Å². The number of aromatic nitrogens is 2. The molecule has 2 heterocycles. The number of hydrogen-bond donors (Lipinski definition) is 1. The minimum absolute atomic E-state index is 0.811. The average Bonchev–Trinajstić information content (AvgIpc) is 3.21. The minimum Gasteiger partial charge on any atom is -0.497 e. The zero-order chi connectivity index (χ0) is 16.1. The van der Waals surface area contributed by atoms with E-state index in [1.54, 1.807) is 18.4 Å². The van der Waals surface area contributed by atoms with Gasteiger partial charge in [0.15, 0.2) is 0 Å². The number of aryl methyl sites for hydroxylation is 1. The summed E-state index contributed by atoms with van der Waals surface area (Å²) in [4.78, 5) is 5.72. The Hall–Kier alpha value is -2.11. The third kappa shape index (κ3) is 4.00. The number of nitrogens with one attached hydrogen (secondary N) is 1. The Morgan fingerprint density at radius 3 is 2.74 bits per heavy atom. The Labute approximate surface area is 140 Å². The monoisotopic (exact) mass is 327 g/mol. The van der Waals surface area contributed by atoms with E-state index in [-0.39, 0.29) is 0 Å². The first-order valence-corrected chi connectivity index (χ1v) is 8.48. The molecule has 0 aliphatic rings. The van der Waals surface area contributed by atoms with Crippen molar-refractivity contribution in [1.29, 1.82) is 0 Å². The summed E-state index contributed by atoms with van der Waals surface area (Å²) in [6.45, 7) is 1.75. The lowest BCUT2D eigenvalue weighted by Crippen LogP contribution is -2.16. The van der Waals surface area contributed by atoms with Crippen molar-refractivity contribution in [2.75, 3.05) is 13.7 Å². The molecular weight excluding hydrogens is 306 g/mol. The average molecular weight is 327 g/mol. The largest absolute Gasteiger partial charge is 0.497 e. The van der Waals surface area contributed by atoms with Gasteiger partial charge in [-0.3, -0.25) is 0 Å². The molecule has 0 saturated heterocycles. The summed E-state index contributed by atoms with van der Waals surface area (Å²) in [6, 6.07) is 12.4. The van der Waals surface area contributed by atoms with E-state index < -0.39 is 0 Å². The summed E-state index contributed by atoms with van der Waals surface area (Å²) in [5, 5.41) is 4.58. The number of ether oxygens (including phenoxy) is 1. The summed E-state index contributed by atoms with van der Waals surface area (Å²) < 4.78 is 7.29. The van der Waals surface area contributed by atoms with E-state index in [2.05, 4.69) is 52.4 Å². The standard InChI is InChI=1S/C18H21N3OS/c1-21-11-3-4-16(21)17-12-20-18(23-17)13-19-10-9-14-5-7-15(22-2)8-6-14/h3-8,11-12,19H,9-10,13H2,1-2H3. The second-order valence-electron chi connectivity index (χ2n) is 5.40. The van der Waals surface area contributed by atoms with Crippen LogP contribution in [0.15, 0.2) is 48.8 Å². The highest BCUT2D eigenvalue weighted by molar-refractivity contribution is 7.15. The number of nitrogens with zero attached hydrogens (tertiary/aromatic N) is 2. The van der Waals surface area contributed by atoms with Crippen LogP contribution in [0.1, 0.15) is 10.6 Å². The van der Waals surface area contributed by atoms with Crippen molar-refractivity contribution in [2.24, 2.45) is 7.05 Å². The zero-order valence-corrected chi connectivity index (χ0v) is 14.3. The van der Waals surface area contributed by atoms with Gasteiger partial charge in [-0.05, 0) is 42.8 Å². The van der Waals surface area contributed by atoms with Crippen LogP contribution >= 0.6 is 11.3 Å². The van der Waals surface area contributed by atoms with Crippen LogP contribution in [-0.4, -0.2) is 23.2 Å². The smallest absolute Gasteiger partial charge is 0.118 e. The van der Waals surface area contributed by atoms with Gasteiger partial charge in [-0.15, -0.1) is 11.3 Å². The molecule has 23 heavy (non-hydrogen) atoms. The Morgan fingerprint density at radius 1 is 1.22 bits per heavy atom. The molecule has 2 aromatic heterocycles. The molecule has 120 valence electrons. The van der Waals surface area contributed by atoms with Gasteiger partial charge < -0.3 is 14.6 Å². The maximum Gasteiger partial charge on any atom is 0.118 e. The summed E-state index contributed by atoms with van der Waals surface area (Å²) in [7, 11) is 3.75. The van der Waals surface area contributed by atoms with Gasteiger partial charge in [0.25, 0.3) is 0 Å². The van der Waals surface area contributed by atoms with E-state index in [1.165, 1.54) is 16.1 Å². The first-order valence-electron chi connectivity index (χ1n) is 7.66. The van der Waals surface area contributed by atoms with Crippen LogP contribution in [-0.2, 0) is 20.0 Å². The third-order valence-electron chi connectivity index (χ3n) is 3.78. The fourth-order valence-electron chi connectivity index (χ4n) is 2.45. The molecule has 0 unspecified atom stereocenters. The van der Waals surface area contributed by atoms with Gasteiger partial charge in [0.1, 0.15) is 10.8 Å². The van der Waals surface area contributed by atoms with Crippen molar-refractivity contribution >= 4 is 11.3 Å². The van der Waals surface area contributed by atoms with Crippen LogP contribution in [0, 0.1) is 0 Å². The number of thiazole rings is 1. The molecule has 0 spiro atoms. The van der Waals surface area contributed by atoms with E-state index in [0.717, 1.165) is 30.3 Å². The maximum absolute atomic E-state index is 5.17. The van der Waals surface area contributed by atoms with E-state index in [9.17, 15) is 0 Å². The predicted molar refractivity (Wildman–Crippen MR) is 94.9 cm³/mol. The first kappa shape index (κ1) is 15.8. The van der Waals surface area contributed by atoms with E-state index in [0.29, 0.717) is 0 Å². The molecule has 0 aliphatic heterocycles. The fourth-order valence-corrected chi connectivity index (χ4v) is 3.40. The van der Waals surface area contributed by atoms with Gasteiger partial charge in [0.2, 0.25) is 0 Å². The summed E-state index contributed by atoms with van der Waals surface area (Å²) >= 11 is 1.74. The number of hydrogen-bond acceptors (Lipinski definition) is 4. The lowest BCUT2D eigenvalue weighted by Gasteiger charge is -2.04. The van der Waals surface area contributed by atoms with Crippen LogP contribution in [0.25, 0.3) is 10.6 Å². The summed E-state index contributed by atoms with van der Waals surface area (Å²) in [6.07, 6.45) is 5.02. The molecule has 1 aromatic carbocycles. The van der Waals surface area contributed by atoms with Crippen LogP contribution in [0.5, 0.6) is 5.75 Å². The van der Waals surface area contributed by atoms with Gasteiger partial charge in [0.05, 0.1) is 17.7 Å².